The predicted octanol–water partition coefficient (Wildman–Crippen LogP) is 6.52. The van der Waals surface area contributed by atoms with Crippen LogP contribution in [0, 0.1) is 5.92 Å². The summed E-state index contributed by atoms with van der Waals surface area (Å²) in [6, 6.07) is 25.1. The Morgan fingerprint density at radius 2 is 1.59 bits per heavy atom. The van der Waals surface area contributed by atoms with Gasteiger partial charge in [-0.25, -0.2) is 4.79 Å². The minimum Gasteiger partial charge on any atom is -0.478 e. The number of benzene rings is 3. The number of nitrogens with zero attached hydrogens (tertiary/aromatic N) is 1. The minimum absolute atomic E-state index is 0.134. The van der Waals surface area contributed by atoms with Gasteiger partial charge in [0.25, 0.3) is 0 Å². The Hall–Kier alpha value is -3.41. The summed E-state index contributed by atoms with van der Waals surface area (Å²) in [6.07, 6.45) is 4.75. The molecule has 1 aliphatic heterocycles. The van der Waals surface area contributed by atoms with Crippen LogP contribution in [0.1, 0.15) is 58.3 Å². The molecule has 0 radical (unpaired) electrons. The van der Waals surface area contributed by atoms with Crippen LogP contribution in [0.4, 0.5) is 5.69 Å². The fraction of sp³-hybridized carbons (Fsp3) is 0.344. The van der Waals surface area contributed by atoms with Crippen molar-refractivity contribution in [2.45, 2.75) is 38.4 Å². The molecular formula is C32H35NO4. The highest BCUT2D eigenvalue weighted by Gasteiger charge is 2.27. The molecule has 0 unspecified atom stereocenters. The molecule has 37 heavy (non-hydrogen) atoms. The number of carboxylic acids is 1. The molecular weight excluding hydrogens is 462 g/mol. The van der Waals surface area contributed by atoms with E-state index in [2.05, 4.69) is 53.4 Å². The van der Waals surface area contributed by atoms with Crippen LogP contribution < -0.4 is 4.90 Å². The second kappa shape index (κ2) is 11.3. The van der Waals surface area contributed by atoms with E-state index in [9.17, 15) is 9.90 Å². The molecule has 1 fully saturated rings. The van der Waals surface area contributed by atoms with Gasteiger partial charge in [-0.3, -0.25) is 0 Å². The van der Waals surface area contributed by atoms with Gasteiger partial charge in [-0.15, -0.1) is 0 Å². The summed E-state index contributed by atoms with van der Waals surface area (Å²) in [7, 11) is 3.43. The summed E-state index contributed by atoms with van der Waals surface area (Å²) in [6.45, 7) is 1.96. The van der Waals surface area contributed by atoms with Crippen LogP contribution in [0.25, 0.3) is 11.1 Å². The molecule has 0 saturated carbocycles. The lowest BCUT2D eigenvalue weighted by Crippen LogP contribution is -2.39. The first-order valence-electron chi connectivity index (χ1n) is 13.1. The van der Waals surface area contributed by atoms with Crippen LogP contribution in [-0.2, 0) is 15.9 Å². The Bertz CT molecular complexity index is 1250. The molecule has 5 heteroatoms. The molecule has 1 heterocycles. The van der Waals surface area contributed by atoms with Crippen molar-refractivity contribution in [1.29, 1.82) is 0 Å². The molecule has 1 aliphatic carbocycles. The van der Waals surface area contributed by atoms with Crippen LogP contribution in [0.2, 0.25) is 0 Å². The monoisotopic (exact) mass is 497 g/mol. The lowest BCUT2D eigenvalue weighted by atomic mass is 9.87. The van der Waals surface area contributed by atoms with Gasteiger partial charge in [0.15, 0.2) is 6.29 Å². The molecule has 3 aromatic rings. The molecule has 3 aromatic carbocycles. The number of carbonyl (C=O) groups is 1. The summed E-state index contributed by atoms with van der Waals surface area (Å²) in [4.78, 5) is 14.1. The first-order valence-corrected chi connectivity index (χ1v) is 13.1. The van der Waals surface area contributed by atoms with Gasteiger partial charge < -0.3 is 19.5 Å². The zero-order valence-electron chi connectivity index (χ0n) is 21.7. The molecule has 1 saturated heterocycles. The average molecular weight is 498 g/mol. The van der Waals surface area contributed by atoms with Crippen LogP contribution in [0.3, 0.4) is 0 Å². The maximum absolute atomic E-state index is 11.7. The average Bonchev–Trinajstić information content (AvgIpc) is 3.14. The number of hydrogen-bond acceptors (Lipinski definition) is 4. The van der Waals surface area contributed by atoms with Crippen molar-refractivity contribution in [3.8, 4) is 0 Å². The van der Waals surface area contributed by atoms with Crippen molar-refractivity contribution in [3.63, 3.8) is 0 Å². The van der Waals surface area contributed by atoms with Gasteiger partial charge in [-0.1, -0.05) is 48.5 Å². The van der Waals surface area contributed by atoms with Crippen molar-refractivity contribution in [3.05, 3.63) is 101 Å². The maximum atomic E-state index is 11.7. The van der Waals surface area contributed by atoms with Gasteiger partial charge >= 0.3 is 5.97 Å². The van der Waals surface area contributed by atoms with Gasteiger partial charge in [-0.2, -0.15) is 0 Å². The van der Waals surface area contributed by atoms with Gasteiger partial charge in [0.2, 0.25) is 0 Å². The van der Waals surface area contributed by atoms with Crippen molar-refractivity contribution in [2.24, 2.45) is 5.92 Å². The topological polar surface area (TPSA) is 59.0 Å². The van der Waals surface area contributed by atoms with Crippen molar-refractivity contribution in [2.75, 3.05) is 32.2 Å². The molecule has 0 bridgehead atoms. The molecule has 192 valence electrons. The van der Waals surface area contributed by atoms with Gasteiger partial charge in [-0.05, 0) is 89.8 Å². The Morgan fingerprint density at radius 1 is 0.892 bits per heavy atom. The molecule has 5 nitrogen and oxygen atoms in total. The van der Waals surface area contributed by atoms with Gasteiger partial charge in [0, 0.05) is 38.9 Å². The summed E-state index contributed by atoms with van der Waals surface area (Å²) < 4.78 is 11.0. The summed E-state index contributed by atoms with van der Waals surface area (Å²) in [5.41, 5.74) is 8.75. The van der Waals surface area contributed by atoms with Crippen molar-refractivity contribution in [1.82, 2.24) is 0 Å². The summed E-state index contributed by atoms with van der Waals surface area (Å²) in [5, 5.41) is 9.57. The first kappa shape index (κ1) is 25.2. The highest BCUT2D eigenvalue weighted by Crippen LogP contribution is 2.40. The molecule has 0 atom stereocenters. The zero-order valence-corrected chi connectivity index (χ0v) is 21.7. The Kier molecular flexibility index (Phi) is 7.73. The number of aryl methyl sites for hydroxylation is 1. The number of fused-ring (bicyclic) bond motifs is 1. The molecule has 0 aromatic heterocycles. The SMILES string of the molecule is COC(OC)C1CCN(c2ccc(C3=C(c4ccccc4)CCCc4cc(C(=O)O)ccc43)cc2)CC1. The second-order valence-electron chi connectivity index (χ2n) is 9.96. The zero-order chi connectivity index (χ0) is 25.8. The number of piperidine rings is 1. The minimum atomic E-state index is -0.878. The number of ether oxygens (including phenoxy) is 2. The van der Waals surface area contributed by atoms with E-state index < -0.39 is 5.97 Å². The molecule has 0 spiro atoms. The second-order valence-corrected chi connectivity index (χ2v) is 9.96. The van der Waals surface area contributed by atoms with E-state index >= 15 is 0 Å². The number of carboxylic acid groups (broad SMARTS) is 1. The van der Waals surface area contributed by atoms with E-state index in [1.54, 1.807) is 20.3 Å². The molecule has 1 N–H and O–H groups in total. The van der Waals surface area contributed by atoms with E-state index in [1.807, 2.05) is 18.2 Å². The third kappa shape index (κ3) is 5.34. The van der Waals surface area contributed by atoms with Crippen molar-refractivity contribution >= 4 is 22.8 Å². The molecule has 0 amide bonds. The van der Waals surface area contributed by atoms with Crippen LogP contribution in [-0.4, -0.2) is 44.7 Å². The third-order valence-corrected chi connectivity index (χ3v) is 7.83. The first-order chi connectivity index (χ1) is 18.1. The van der Waals surface area contributed by atoms with Crippen LogP contribution >= 0.6 is 0 Å². The number of methoxy groups -OCH3 is 2. The smallest absolute Gasteiger partial charge is 0.335 e. The Morgan fingerprint density at radius 3 is 2.24 bits per heavy atom. The fourth-order valence-electron chi connectivity index (χ4n) is 5.93. The van der Waals surface area contributed by atoms with E-state index in [4.69, 9.17) is 9.47 Å². The summed E-state index contributed by atoms with van der Waals surface area (Å²) >= 11 is 0. The van der Waals surface area contributed by atoms with E-state index in [0.29, 0.717) is 11.5 Å². The normalized spacial score (nSPS) is 16.6. The largest absolute Gasteiger partial charge is 0.478 e. The van der Waals surface area contributed by atoms with Crippen molar-refractivity contribution < 1.29 is 19.4 Å². The quantitative estimate of drug-likeness (QED) is 0.377. The predicted molar refractivity (Wildman–Crippen MR) is 148 cm³/mol. The number of allylic oxidation sites excluding steroid dienone is 1. The number of rotatable bonds is 7. The molecule has 2 aliphatic rings. The Labute approximate surface area is 219 Å². The number of hydrogen-bond donors (Lipinski definition) is 1. The van der Waals surface area contributed by atoms with Gasteiger partial charge in [0.1, 0.15) is 0 Å². The van der Waals surface area contributed by atoms with Crippen LogP contribution in [0.5, 0.6) is 0 Å². The van der Waals surface area contributed by atoms with E-state index in [-0.39, 0.29) is 6.29 Å². The number of anilines is 1. The highest BCUT2D eigenvalue weighted by atomic mass is 16.7. The maximum Gasteiger partial charge on any atom is 0.335 e. The Balaban J connectivity index is 1.49. The van der Waals surface area contributed by atoms with Crippen LogP contribution in [0.15, 0.2) is 72.8 Å². The van der Waals surface area contributed by atoms with E-state index in [1.165, 1.54) is 28.0 Å². The number of aromatic carboxylic acids is 1. The third-order valence-electron chi connectivity index (χ3n) is 7.83. The molecule has 5 rings (SSSR count). The van der Waals surface area contributed by atoms with E-state index in [0.717, 1.165) is 56.3 Å². The van der Waals surface area contributed by atoms with Gasteiger partial charge in [0.05, 0.1) is 5.56 Å². The lowest BCUT2D eigenvalue weighted by Gasteiger charge is -2.36. The fourth-order valence-corrected chi connectivity index (χ4v) is 5.93. The highest BCUT2D eigenvalue weighted by molar-refractivity contribution is 6.00. The lowest BCUT2D eigenvalue weighted by molar-refractivity contribution is -0.141. The summed E-state index contributed by atoms with van der Waals surface area (Å²) in [5.74, 6) is -0.460. The standard InChI is InChI=1S/C32H35NO4/c1-36-32(37-2)24-17-19-33(20-18-24)27-14-11-23(12-15-27)30-28(22-7-4-3-5-8-22)10-6-9-25-21-26(31(34)35)13-16-29(25)30/h3-5,7-8,11-16,21,24,32H,6,9-10,17-20H2,1-2H3,(H,34,35).